The molecule has 2 heterocycles. The second-order valence-corrected chi connectivity index (χ2v) is 6.40. The van der Waals surface area contributed by atoms with Crippen molar-refractivity contribution in [2.24, 2.45) is 11.8 Å². The summed E-state index contributed by atoms with van der Waals surface area (Å²) < 4.78 is 6.74. The molecule has 1 aliphatic carbocycles. The van der Waals surface area contributed by atoms with Crippen molar-refractivity contribution in [3.63, 3.8) is 0 Å². The third kappa shape index (κ3) is 2.98. The van der Waals surface area contributed by atoms with E-state index in [0.717, 1.165) is 43.6 Å². The molecule has 5 heteroatoms. The van der Waals surface area contributed by atoms with Crippen LogP contribution in [0.15, 0.2) is 12.3 Å². The van der Waals surface area contributed by atoms with Crippen LogP contribution in [0, 0.1) is 25.7 Å². The molecule has 0 saturated heterocycles. The van der Waals surface area contributed by atoms with Crippen LogP contribution in [-0.2, 0) is 16.0 Å². The zero-order chi connectivity index (χ0) is 15.7. The molecular formula is C17H23N3O2. The molecule has 2 aromatic rings. The van der Waals surface area contributed by atoms with Crippen molar-refractivity contribution in [3.05, 3.63) is 29.2 Å². The van der Waals surface area contributed by atoms with Gasteiger partial charge in [0.2, 0.25) is 0 Å². The van der Waals surface area contributed by atoms with Crippen molar-refractivity contribution in [2.45, 2.75) is 46.0 Å². The number of hydrogen-bond acceptors (Lipinski definition) is 4. The maximum absolute atomic E-state index is 11.6. The van der Waals surface area contributed by atoms with Crippen molar-refractivity contribution in [1.82, 2.24) is 14.6 Å². The van der Waals surface area contributed by atoms with Gasteiger partial charge in [0, 0.05) is 6.20 Å². The SMILES string of the molecule is COC(=O)C1CCC(Cc2cc(C)c3nc(C)nn3c2)CC1. The van der Waals surface area contributed by atoms with E-state index < -0.39 is 0 Å². The summed E-state index contributed by atoms with van der Waals surface area (Å²) in [6.45, 7) is 4.00. The van der Waals surface area contributed by atoms with Crippen molar-refractivity contribution in [1.29, 1.82) is 0 Å². The van der Waals surface area contributed by atoms with Crippen LogP contribution in [-0.4, -0.2) is 27.7 Å². The summed E-state index contributed by atoms with van der Waals surface area (Å²) in [5.41, 5.74) is 3.41. The summed E-state index contributed by atoms with van der Waals surface area (Å²) in [5.74, 6) is 1.50. The van der Waals surface area contributed by atoms with Gasteiger partial charge in [0.05, 0.1) is 13.0 Å². The van der Waals surface area contributed by atoms with Gasteiger partial charge in [-0.2, -0.15) is 5.10 Å². The number of carbonyl (C=O) groups excluding carboxylic acids is 1. The summed E-state index contributed by atoms with van der Waals surface area (Å²) in [4.78, 5) is 16.0. The third-order valence-electron chi connectivity index (χ3n) is 4.69. The molecule has 0 amide bonds. The second kappa shape index (κ2) is 6.07. The lowest BCUT2D eigenvalue weighted by molar-refractivity contribution is -0.146. The van der Waals surface area contributed by atoms with Crippen molar-refractivity contribution in [2.75, 3.05) is 7.11 Å². The number of nitrogens with zero attached hydrogens (tertiary/aromatic N) is 3. The number of hydrogen-bond donors (Lipinski definition) is 0. The van der Waals surface area contributed by atoms with Gasteiger partial charge in [0.1, 0.15) is 5.82 Å². The Kier molecular flexibility index (Phi) is 4.14. The molecule has 118 valence electrons. The second-order valence-electron chi connectivity index (χ2n) is 6.40. The highest BCUT2D eigenvalue weighted by Gasteiger charge is 2.27. The lowest BCUT2D eigenvalue weighted by atomic mass is 9.79. The maximum Gasteiger partial charge on any atom is 0.308 e. The van der Waals surface area contributed by atoms with E-state index in [0.29, 0.717) is 5.92 Å². The monoisotopic (exact) mass is 301 g/mol. The first-order chi connectivity index (χ1) is 10.6. The minimum absolute atomic E-state index is 0.0474. The molecule has 0 N–H and O–H groups in total. The highest BCUT2D eigenvalue weighted by atomic mass is 16.5. The molecule has 22 heavy (non-hydrogen) atoms. The fourth-order valence-corrected chi connectivity index (χ4v) is 3.54. The zero-order valence-corrected chi connectivity index (χ0v) is 13.5. The predicted octanol–water partition coefficient (Wildman–Crippen LogP) is 2.87. The largest absolute Gasteiger partial charge is 0.469 e. The summed E-state index contributed by atoms with van der Waals surface area (Å²) in [6, 6.07) is 2.22. The minimum atomic E-state index is -0.0474. The molecule has 1 fully saturated rings. The number of ether oxygens (including phenoxy) is 1. The summed E-state index contributed by atoms with van der Waals surface area (Å²) in [5, 5.41) is 4.42. The van der Waals surface area contributed by atoms with Gasteiger partial charge in [-0.05, 0) is 63.0 Å². The Hall–Kier alpha value is -1.91. The first-order valence-corrected chi connectivity index (χ1v) is 7.97. The van der Waals surface area contributed by atoms with Gasteiger partial charge in [-0.3, -0.25) is 4.79 Å². The zero-order valence-electron chi connectivity index (χ0n) is 13.5. The molecule has 0 bridgehead atoms. The van der Waals surface area contributed by atoms with Crippen LogP contribution in [0.3, 0.4) is 0 Å². The van der Waals surface area contributed by atoms with E-state index in [9.17, 15) is 4.79 Å². The van der Waals surface area contributed by atoms with Gasteiger partial charge in [0.15, 0.2) is 5.65 Å². The van der Waals surface area contributed by atoms with Crippen LogP contribution in [0.4, 0.5) is 0 Å². The number of methoxy groups -OCH3 is 1. The molecule has 0 aliphatic heterocycles. The predicted molar refractivity (Wildman–Crippen MR) is 83.6 cm³/mol. The fourth-order valence-electron chi connectivity index (χ4n) is 3.54. The number of rotatable bonds is 3. The van der Waals surface area contributed by atoms with Crippen LogP contribution in [0.25, 0.3) is 5.65 Å². The van der Waals surface area contributed by atoms with Gasteiger partial charge in [0.25, 0.3) is 0 Å². The topological polar surface area (TPSA) is 56.5 Å². The molecule has 0 unspecified atom stereocenters. The number of pyridine rings is 1. The fraction of sp³-hybridized carbons (Fsp3) is 0.588. The molecule has 0 aromatic carbocycles. The van der Waals surface area contributed by atoms with Crippen LogP contribution >= 0.6 is 0 Å². The Morgan fingerprint density at radius 1 is 1.32 bits per heavy atom. The van der Waals surface area contributed by atoms with E-state index in [1.54, 1.807) is 0 Å². The average Bonchev–Trinajstić information content (AvgIpc) is 2.88. The van der Waals surface area contributed by atoms with E-state index in [4.69, 9.17) is 4.74 Å². The third-order valence-corrected chi connectivity index (χ3v) is 4.69. The first kappa shape index (κ1) is 15.0. The summed E-state index contributed by atoms with van der Waals surface area (Å²) in [6.07, 6.45) is 7.21. The Balaban J connectivity index is 1.68. The van der Waals surface area contributed by atoms with Gasteiger partial charge >= 0.3 is 5.97 Å². The number of carbonyl (C=O) groups is 1. The maximum atomic E-state index is 11.6. The van der Waals surface area contributed by atoms with Gasteiger partial charge in [-0.15, -0.1) is 0 Å². The molecule has 0 atom stereocenters. The molecule has 5 nitrogen and oxygen atoms in total. The lowest BCUT2D eigenvalue weighted by Gasteiger charge is -2.27. The lowest BCUT2D eigenvalue weighted by Crippen LogP contribution is -2.23. The van der Waals surface area contributed by atoms with Crippen LogP contribution in [0.5, 0.6) is 0 Å². The van der Waals surface area contributed by atoms with Crippen molar-refractivity contribution < 1.29 is 9.53 Å². The van der Waals surface area contributed by atoms with Gasteiger partial charge < -0.3 is 4.74 Å². The van der Waals surface area contributed by atoms with Gasteiger partial charge in [-0.25, -0.2) is 9.50 Å². The standard InChI is InChI=1S/C17H23N3O2/c1-11-8-14(10-20-16(11)18-12(2)19-20)9-13-4-6-15(7-5-13)17(21)22-3/h8,10,13,15H,4-7,9H2,1-3H3. The van der Waals surface area contributed by atoms with Crippen LogP contribution in [0.1, 0.15) is 42.6 Å². The molecule has 3 rings (SSSR count). The van der Waals surface area contributed by atoms with Crippen LogP contribution in [0.2, 0.25) is 0 Å². The molecule has 0 spiro atoms. The molecule has 0 radical (unpaired) electrons. The smallest absolute Gasteiger partial charge is 0.308 e. The van der Waals surface area contributed by atoms with E-state index in [1.165, 1.54) is 18.2 Å². The minimum Gasteiger partial charge on any atom is -0.469 e. The van der Waals surface area contributed by atoms with Crippen molar-refractivity contribution in [3.8, 4) is 0 Å². The van der Waals surface area contributed by atoms with Crippen LogP contribution < -0.4 is 0 Å². The van der Waals surface area contributed by atoms with Crippen molar-refractivity contribution >= 4 is 11.6 Å². The molecule has 1 aliphatic rings. The highest BCUT2D eigenvalue weighted by molar-refractivity contribution is 5.72. The summed E-state index contributed by atoms with van der Waals surface area (Å²) >= 11 is 0. The number of aryl methyl sites for hydroxylation is 2. The Labute approximate surface area is 130 Å². The Bertz CT molecular complexity index is 685. The van der Waals surface area contributed by atoms with E-state index >= 15 is 0 Å². The van der Waals surface area contributed by atoms with E-state index in [2.05, 4.69) is 29.3 Å². The summed E-state index contributed by atoms with van der Waals surface area (Å²) in [7, 11) is 1.48. The molecular weight excluding hydrogens is 278 g/mol. The van der Waals surface area contributed by atoms with E-state index in [-0.39, 0.29) is 11.9 Å². The molecule has 2 aromatic heterocycles. The number of esters is 1. The normalized spacial score (nSPS) is 22.0. The highest BCUT2D eigenvalue weighted by Crippen LogP contribution is 2.32. The quantitative estimate of drug-likeness (QED) is 0.818. The molecule has 1 saturated carbocycles. The number of aromatic nitrogens is 3. The Morgan fingerprint density at radius 3 is 2.73 bits per heavy atom. The Morgan fingerprint density at radius 2 is 2.05 bits per heavy atom. The number of fused-ring (bicyclic) bond motifs is 1. The van der Waals surface area contributed by atoms with Gasteiger partial charge in [-0.1, -0.05) is 6.07 Å². The van der Waals surface area contributed by atoms with E-state index in [1.807, 2.05) is 11.4 Å². The first-order valence-electron chi connectivity index (χ1n) is 7.97. The average molecular weight is 301 g/mol.